The molecule has 0 bridgehead atoms. The third-order valence-corrected chi connectivity index (χ3v) is 10.8. The molecular weight excluding hydrogens is 753 g/mol. The van der Waals surface area contributed by atoms with Crippen LogP contribution >= 0.6 is 0 Å². The van der Waals surface area contributed by atoms with Crippen LogP contribution in [0.5, 0.6) is 5.75 Å². The zero-order valence-corrected chi connectivity index (χ0v) is 36.4. The molecule has 1 aliphatic rings. The van der Waals surface area contributed by atoms with E-state index in [2.05, 4.69) is 11.9 Å². The molecule has 1 aromatic carbocycles. The molecule has 13 heteroatoms. The maximum atomic E-state index is 13.7. The van der Waals surface area contributed by atoms with E-state index >= 15 is 0 Å². The lowest BCUT2D eigenvalue weighted by molar-refractivity contribution is -0.701. The number of imide groups is 1. The molecule has 0 saturated carbocycles. The van der Waals surface area contributed by atoms with Crippen molar-refractivity contribution in [3.63, 3.8) is 0 Å². The predicted molar refractivity (Wildman–Crippen MR) is 226 cm³/mol. The number of likely N-dealkylation sites (tertiary alicyclic amines) is 1. The highest BCUT2D eigenvalue weighted by Gasteiger charge is 2.31. The number of aryl methyl sites for hydroxylation is 1. The summed E-state index contributed by atoms with van der Waals surface area (Å²) >= 11 is 0. The molecule has 1 aromatic heterocycles. The Kier molecular flexibility index (Phi) is 24.7. The van der Waals surface area contributed by atoms with E-state index in [4.69, 9.17) is 23.7 Å². The number of pyridine rings is 1. The van der Waals surface area contributed by atoms with Crippen molar-refractivity contribution < 1.29 is 47.7 Å². The van der Waals surface area contributed by atoms with E-state index in [1.165, 1.54) is 104 Å². The zero-order valence-electron chi connectivity index (χ0n) is 36.4. The van der Waals surface area contributed by atoms with E-state index < -0.39 is 30.3 Å². The number of amides is 3. The monoisotopic (exact) mass is 825 g/mol. The summed E-state index contributed by atoms with van der Waals surface area (Å²) in [6.07, 6.45) is 20.5. The Morgan fingerprint density at radius 1 is 0.797 bits per heavy atom. The minimum absolute atomic E-state index is 0.0457. The molecule has 59 heavy (non-hydrogen) atoms. The Morgan fingerprint density at radius 3 is 1.97 bits per heavy atom. The molecule has 1 atom stereocenters. The number of para-hydroxylation sites is 1. The Morgan fingerprint density at radius 2 is 1.37 bits per heavy atom. The van der Waals surface area contributed by atoms with Crippen LogP contribution in [0.25, 0.3) is 0 Å². The van der Waals surface area contributed by atoms with Crippen LogP contribution in [0.15, 0.2) is 53.7 Å². The van der Waals surface area contributed by atoms with E-state index in [1.54, 1.807) is 29.2 Å². The van der Waals surface area contributed by atoms with Crippen LogP contribution in [-0.2, 0) is 32.0 Å². The van der Waals surface area contributed by atoms with Crippen molar-refractivity contribution in [2.24, 2.45) is 4.99 Å². The molecule has 13 nitrogen and oxygen atoms in total. The predicted octanol–water partition coefficient (Wildman–Crippen LogP) is 8.39. The summed E-state index contributed by atoms with van der Waals surface area (Å²) in [6.45, 7) is 5.58. The first-order valence-electron chi connectivity index (χ1n) is 22.2. The van der Waals surface area contributed by atoms with Gasteiger partial charge in [0.1, 0.15) is 44.2 Å². The minimum atomic E-state index is -0.880. The van der Waals surface area contributed by atoms with Gasteiger partial charge in [-0.1, -0.05) is 121 Å². The average molecular weight is 825 g/mol. The topological polar surface area (TPSA) is 143 Å². The van der Waals surface area contributed by atoms with Gasteiger partial charge in [0, 0.05) is 45.0 Å². The summed E-state index contributed by atoms with van der Waals surface area (Å²) in [6, 6.07) is 12.2. The molecule has 2 heterocycles. The maximum Gasteiger partial charge on any atom is 0.417 e. The first-order chi connectivity index (χ1) is 28.8. The number of ether oxygens (including phenoxy) is 5. The standard InChI is InChI=1S/C46H72N4O9/c1-5-7-8-9-10-11-12-13-14-15-16-17-18-19-20-24-31-47-44(52)59-39-29-33-49(34-30-39)45(53)57-36-40(55-3)37-58-46(54)50(35-38-26-23-25-32-48(38)6-2)43(51)41-27-21-22-28-42(41)56-4/h21-23,25-28,32,39-40H,5-20,24,29-31,33-37H2,1-4H3. The number of piperidine rings is 1. The van der Waals surface area contributed by atoms with Crippen LogP contribution in [0.4, 0.5) is 9.59 Å². The second-order valence-corrected chi connectivity index (χ2v) is 15.3. The molecule has 0 spiro atoms. The lowest BCUT2D eigenvalue weighted by Crippen LogP contribution is -2.45. The minimum Gasteiger partial charge on any atom is -0.597 e. The number of unbranched alkanes of at least 4 members (excludes halogenated alkanes) is 15. The van der Waals surface area contributed by atoms with Gasteiger partial charge in [-0.2, -0.15) is 0 Å². The fourth-order valence-electron chi connectivity index (χ4n) is 7.16. The number of hydrogen-bond acceptors (Lipinski definition) is 10. The maximum absolute atomic E-state index is 13.7. The Balaban J connectivity index is 1.31. The SMILES string of the molecule is CCCCCCCCCCCCCCCCCCN=C([O-])OC1CCN(C(=O)OCC(COC(=O)N(Cc2cccc[n+]2CC)C(=O)c2ccccc2OC)OC)CC1. The number of hydrogen-bond donors (Lipinski definition) is 0. The van der Waals surface area contributed by atoms with E-state index in [1.807, 2.05) is 35.9 Å². The highest BCUT2D eigenvalue weighted by atomic mass is 16.6. The fourth-order valence-corrected chi connectivity index (χ4v) is 7.16. The van der Waals surface area contributed by atoms with Crippen LogP contribution in [-0.4, -0.2) is 93.3 Å². The number of rotatable bonds is 28. The summed E-state index contributed by atoms with van der Waals surface area (Å²) in [4.78, 5) is 46.8. The molecular formula is C46H72N4O9. The van der Waals surface area contributed by atoms with E-state index in [0.29, 0.717) is 44.8 Å². The number of nitrogens with zero attached hydrogens (tertiary/aromatic N) is 4. The number of methoxy groups -OCH3 is 2. The van der Waals surface area contributed by atoms with Gasteiger partial charge in [-0.25, -0.2) is 19.1 Å². The molecule has 1 fully saturated rings. The zero-order chi connectivity index (χ0) is 42.5. The molecule has 0 N–H and O–H groups in total. The number of carbonyl (C=O) groups excluding carboxylic acids is 3. The Hall–Kier alpha value is -4.39. The molecule has 0 aliphatic carbocycles. The second-order valence-electron chi connectivity index (χ2n) is 15.3. The van der Waals surface area contributed by atoms with Gasteiger partial charge in [0.05, 0.1) is 12.7 Å². The van der Waals surface area contributed by atoms with E-state index in [0.717, 1.165) is 23.4 Å². The molecule has 1 saturated heterocycles. The molecule has 3 amide bonds. The second kappa shape index (κ2) is 29.8. The first-order valence-corrected chi connectivity index (χ1v) is 22.2. The van der Waals surface area contributed by atoms with Crippen molar-refractivity contribution in [2.45, 2.75) is 155 Å². The Bertz CT molecular complexity index is 1510. The summed E-state index contributed by atoms with van der Waals surface area (Å²) in [5.74, 6) is -0.260. The summed E-state index contributed by atoms with van der Waals surface area (Å²) < 4.78 is 29.4. The van der Waals surface area contributed by atoms with Crippen molar-refractivity contribution >= 4 is 24.2 Å². The highest BCUT2D eigenvalue weighted by Crippen LogP contribution is 2.21. The molecule has 1 aliphatic heterocycles. The molecule has 0 radical (unpaired) electrons. The molecule has 1 unspecified atom stereocenters. The van der Waals surface area contributed by atoms with Crippen molar-refractivity contribution in [1.29, 1.82) is 0 Å². The van der Waals surface area contributed by atoms with Gasteiger partial charge in [0.2, 0.25) is 5.69 Å². The van der Waals surface area contributed by atoms with Crippen LogP contribution in [0, 0.1) is 0 Å². The number of aliphatic imine (C=N–C) groups is 1. The smallest absolute Gasteiger partial charge is 0.417 e. The lowest BCUT2D eigenvalue weighted by atomic mass is 10.0. The number of benzene rings is 1. The van der Waals surface area contributed by atoms with Crippen molar-refractivity contribution in [2.75, 3.05) is 47.1 Å². The van der Waals surface area contributed by atoms with Crippen LogP contribution in [0.3, 0.4) is 0 Å². The molecule has 2 aromatic rings. The summed E-state index contributed by atoms with van der Waals surface area (Å²) in [7, 11) is 2.88. The lowest BCUT2D eigenvalue weighted by Gasteiger charge is -2.35. The van der Waals surface area contributed by atoms with E-state index in [-0.39, 0.29) is 31.4 Å². The molecule has 330 valence electrons. The Labute approximate surface area is 353 Å². The van der Waals surface area contributed by atoms with Gasteiger partial charge >= 0.3 is 12.2 Å². The van der Waals surface area contributed by atoms with E-state index in [9.17, 15) is 19.5 Å². The quantitative estimate of drug-likeness (QED) is 0.0358. The van der Waals surface area contributed by atoms with Gasteiger partial charge in [-0.05, 0) is 38.3 Å². The fraction of sp³-hybridized carbons (Fsp3) is 0.674. The largest absolute Gasteiger partial charge is 0.597 e. The van der Waals surface area contributed by atoms with Gasteiger partial charge in [0.15, 0.2) is 6.20 Å². The van der Waals surface area contributed by atoms with Crippen LogP contribution < -0.4 is 14.4 Å². The van der Waals surface area contributed by atoms with Crippen molar-refractivity contribution in [3.05, 3.63) is 59.9 Å². The van der Waals surface area contributed by atoms with Gasteiger partial charge in [0.25, 0.3) is 5.91 Å². The third kappa shape index (κ3) is 19.0. The average Bonchev–Trinajstić information content (AvgIpc) is 3.26. The van der Waals surface area contributed by atoms with Gasteiger partial charge in [-0.3, -0.25) is 9.79 Å². The van der Waals surface area contributed by atoms with Gasteiger partial charge < -0.3 is 33.7 Å². The first kappa shape index (κ1) is 49.0. The number of aromatic nitrogens is 1. The van der Waals surface area contributed by atoms with Crippen molar-refractivity contribution in [1.82, 2.24) is 9.80 Å². The van der Waals surface area contributed by atoms with Crippen LogP contribution in [0.2, 0.25) is 0 Å². The normalized spacial score (nSPS) is 13.8. The molecule has 3 rings (SSSR count). The number of carbonyl (C=O) groups is 3. The summed E-state index contributed by atoms with van der Waals surface area (Å²) in [5, 5.41) is 12.3. The van der Waals surface area contributed by atoms with Crippen LogP contribution in [0.1, 0.15) is 145 Å². The third-order valence-electron chi connectivity index (χ3n) is 10.8. The highest BCUT2D eigenvalue weighted by molar-refractivity contribution is 6.04. The van der Waals surface area contributed by atoms with Crippen molar-refractivity contribution in [3.8, 4) is 5.75 Å². The van der Waals surface area contributed by atoms with Gasteiger partial charge in [-0.15, -0.1) is 0 Å². The summed E-state index contributed by atoms with van der Waals surface area (Å²) in [5.41, 5.74) is 0.938.